The Morgan fingerprint density at radius 1 is 1.07 bits per heavy atom. The van der Waals surface area contributed by atoms with E-state index >= 15 is 0 Å². The monoisotopic (exact) mass is 440 g/mol. The van der Waals surface area contributed by atoms with E-state index < -0.39 is 6.03 Å². The number of carbonyl (C=O) groups is 2. The van der Waals surface area contributed by atoms with Crippen molar-refractivity contribution in [3.63, 3.8) is 0 Å². The lowest BCUT2D eigenvalue weighted by Crippen LogP contribution is -2.21. The van der Waals surface area contributed by atoms with Crippen LogP contribution in [0.15, 0.2) is 18.2 Å². The lowest BCUT2D eigenvalue weighted by molar-refractivity contribution is 0.0378. The van der Waals surface area contributed by atoms with Gasteiger partial charge >= 0.3 is 12.0 Å². The number of hydrogen-bond acceptors (Lipinski definition) is 4. The Morgan fingerprint density at radius 2 is 1.82 bits per heavy atom. The second-order valence-corrected chi connectivity index (χ2v) is 8.85. The van der Waals surface area contributed by atoms with E-state index in [2.05, 4.69) is 10.6 Å². The number of thiophene rings is 1. The third-order valence-corrected chi connectivity index (χ3v) is 6.32. The number of halogens is 2. The van der Waals surface area contributed by atoms with Gasteiger partial charge in [-0.25, -0.2) is 9.59 Å². The minimum Gasteiger partial charge on any atom is -0.459 e. The summed E-state index contributed by atoms with van der Waals surface area (Å²) >= 11 is 13.4. The lowest BCUT2D eigenvalue weighted by Gasteiger charge is -2.12. The van der Waals surface area contributed by atoms with Crippen molar-refractivity contribution in [3.05, 3.63) is 44.2 Å². The molecular formula is C20H22Cl2N2O3S. The highest BCUT2D eigenvalue weighted by atomic mass is 35.5. The Bertz CT molecular complexity index is 896. The van der Waals surface area contributed by atoms with Crippen molar-refractivity contribution in [1.29, 1.82) is 0 Å². The van der Waals surface area contributed by atoms with Gasteiger partial charge in [0.25, 0.3) is 0 Å². The molecule has 0 saturated carbocycles. The highest BCUT2D eigenvalue weighted by Gasteiger charge is 2.27. The highest BCUT2D eigenvalue weighted by molar-refractivity contribution is 7.17. The average Bonchev–Trinajstić information content (AvgIpc) is 2.78. The molecule has 2 aromatic rings. The van der Waals surface area contributed by atoms with E-state index in [1.165, 1.54) is 11.3 Å². The molecule has 0 atom stereocenters. The predicted octanol–water partition coefficient (Wildman–Crippen LogP) is 6.53. The minimum atomic E-state index is -0.451. The number of esters is 1. The van der Waals surface area contributed by atoms with Crippen molar-refractivity contribution < 1.29 is 14.3 Å². The number of carbonyl (C=O) groups excluding carboxylic acids is 2. The van der Waals surface area contributed by atoms with Gasteiger partial charge in [-0.2, -0.15) is 0 Å². The molecule has 0 fully saturated rings. The van der Waals surface area contributed by atoms with Crippen LogP contribution in [0, 0.1) is 0 Å². The second-order valence-electron chi connectivity index (χ2n) is 6.93. The first-order valence-electron chi connectivity index (χ1n) is 9.23. The third-order valence-electron chi connectivity index (χ3n) is 4.37. The van der Waals surface area contributed by atoms with Gasteiger partial charge < -0.3 is 10.1 Å². The molecule has 1 aromatic heterocycles. The number of benzene rings is 1. The van der Waals surface area contributed by atoms with Crippen LogP contribution in [0.2, 0.25) is 10.0 Å². The molecule has 3 rings (SSSR count). The molecule has 0 saturated heterocycles. The van der Waals surface area contributed by atoms with Gasteiger partial charge in [-0.15, -0.1) is 11.3 Å². The van der Waals surface area contributed by atoms with Crippen molar-refractivity contribution in [2.45, 2.75) is 52.1 Å². The quantitative estimate of drug-likeness (QED) is 0.419. The van der Waals surface area contributed by atoms with Crippen LogP contribution in [-0.2, 0) is 17.6 Å². The topological polar surface area (TPSA) is 67.4 Å². The van der Waals surface area contributed by atoms with Gasteiger partial charge in [0.1, 0.15) is 5.00 Å². The van der Waals surface area contributed by atoms with E-state index in [4.69, 9.17) is 27.9 Å². The summed E-state index contributed by atoms with van der Waals surface area (Å²) in [6, 6.07) is 4.39. The summed E-state index contributed by atoms with van der Waals surface area (Å²) in [6.07, 6.45) is 4.76. The zero-order valence-electron chi connectivity index (χ0n) is 15.7. The highest BCUT2D eigenvalue weighted by Crippen LogP contribution is 2.38. The summed E-state index contributed by atoms with van der Waals surface area (Å²) < 4.78 is 5.43. The molecule has 5 nitrogen and oxygen atoms in total. The van der Waals surface area contributed by atoms with Crippen molar-refractivity contribution in [1.82, 2.24) is 0 Å². The van der Waals surface area contributed by atoms with Crippen LogP contribution >= 0.6 is 34.5 Å². The molecule has 150 valence electrons. The number of fused-ring (bicyclic) bond motifs is 1. The van der Waals surface area contributed by atoms with E-state index in [0.29, 0.717) is 26.3 Å². The minimum absolute atomic E-state index is 0.230. The first-order chi connectivity index (χ1) is 13.3. The Hall–Kier alpha value is -1.76. The maximum atomic E-state index is 12.7. The number of aryl methyl sites for hydroxylation is 1. The smallest absolute Gasteiger partial charge is 0.341 e. The first kappa shape index (κ1) is 21.0. The zero-order valence-corrected chi connectivity index (χ0v) is 18.1. The predicted molar refractivity (Wildman–Crippen MR) is 115 cm³/mol. The summed E-state index contributed by atoms with van der Waals surface area (Å²) in [6.45, 7) is 3.63. The molecule has 1 aromatic carbocycles. The van der Waals surface area contributed by atoms with Crippen LogP contribution in [-0.4, -0.2) is 18.1 Å². The summed E-state index contributed by atoms with van der Waals surface area (Å²) in [4.78, 5) is 26.4. The van der Waals surface area contributed by atoms with Gasteiger partial charge in [0.2, 0.25) is 0 Å². The normalized spacial score (nSPS) is 13.6. The summed E-state index contributed by atoms with van der Waals surface area (Å²) in [5.74, 6) is -0.390. The number of anilines is 2. The van der Waals surface area contributed by atoms with Gasteiger partial charge in [-0.05, 0) is 63.3 Å². The van der Waals surface area contributed by atoms with Gasteiger partial charge in [0.15, 0.2) is 0 Å². The number of urea groups is 1. The number of hydrogen-bond donors (Lipinski definition) is 2. The number of rotatable bonds is 4. The molecule has 28 heavy (non-hydrogen) atoms. The van der Waals surface area contributed by atoms with E-state index in [9.17, 15) is 9.59 Å². The second kappa shape index (κ2) is 9.16. The number of amides is 2. The van der Waals surface area contributed by atoms with Crippen LogP contribution in [0.25, 0.3) is 0 Å². The SMILES string of the molecule is CC(C)OC(=O)c1c(NC(=O)Nc2ccc(Cl)c(Cl)c2)sc2c1CCCCC2. The van der Waals surface area contributed by atoms with Crippen LogP contribution < -0.4 is 10.6 Å². The van der Waals surface area contributed by atoms with Crippen LogP contribution in [0.3, 0.4) is 0 Å². The number of ether oxygens (including phenoxy) is 1. The Kier molecular flexibility index (Phi) is 6.86. The fourth-order valence-electron chi connectivity index (χ4n) is 3.16. The van der Waals surface area contributed by atoms with Gasteiger partial charge in [0.05, 0.1) is 21.7 Å². The molecule has 2 N–H and O–H groups in total. The van der Waals surface area contributed by atoms with E-state index in [1.54, 1.807) is 18.2 Å². The maximum absolute atomic E-state index is 12.7. The molecule has 1 aliphatic carbocycles. The summed E-state index contributed by atoms with van der Waals surface area (Å²) in [5.41, 5.74) is 2.01. The van der Waals surface area contributed by atoms with E-state index in [-0.39, 0.29) is 12.1 Å². The fraction of sp³-hybridized carbons (Fsp3) is 0.400. The Labute approximate surface area is 178 Å². The van der Waals surface area contributed by atoms with Crippen molar-refractivity contribution in [3.8, 4) is 0 Å². The molecule has 0 bridgehead atoms. The first-order valence-corrected chi connectivity index (χ1v) is 10.8. The van der Waals surface area contributed by atoms with Crippen molar-refractivity contribution >= 4 is 57.2 Å². The number of nitrogens with one attached hydrogen (secondary N) is 2. The Balaban J connectivity index is 1.84. The largest absolute Gasteiger partial charge is 0.459 e. The molecule has 0 radical (unpaired) electrons. The summed E-state index contributed by atoms with van der Waals surface area (Å²) in [5, 5.41) is 6.82. The van der Waals surface area contributed by atoms with Crippen LogP contribution in [0.4, 0.5) is 15.5 Å². The van der Waals surface area contributed by atoms with Crippen LogP contribution in [0.1, 0.15) is 53.9 Å². The molecule has 0 unspecified atom stereocenters. The molecule has 2 amide bonds. The van der Waals surface area contributed by atoms with Crippen LogP contribution in [0.5, 0.6) is 0 Å². The molecule has 0 aliphatic heterocycles. The molecule has 8 heteroatoms. The maximum Gasteiger partial charge on any atom is 0.341 e. The van der Waals surface area contributed by atoms with E-state index in [0.717, 1.165) is 42.5 Å². The summed E-state index contributed by atoms with van der Waals surface area (Å²) in [7, 11) is 0. The Morgan fingerprint density at radius 3 is 2.54 bits per heavy atom. The standard InChI is InChI=1S/C20H22Cl2N2O3S/c1-11(2)27-19(25)17-13-6-4-3-5-7-16(13)28-18(17)24-20(26)23-12-8-9-14(21)15(22)10-12/h8-11H,3-7H2,1-2H3,(H2,23,24,26). The average molecular weight is 441 g/mol. The van der Waals surface area contributed by atoms with E-state index in [1.807, 2.05) is 13.8 Å². The van der Waals surface area contributed by atoms with Crippen molar-refractivity contribution in [2.24, 2.45) is 0 Å². The molecule has 0 spiro atoms. The lowest BCUT2D eigenvalue weighted by atomic mass is 10.1. The fourth-order valence-corrected chi connectivity index (χ4v) is 4.73. The molecule has 1 heterocycles. The zero-order chi connectivity index (χ0) is 20.3. The van der Waals surface area contributed by atoms with Gasteiger partial charge in [-0.3, -0.25) is 5.32 Å². The third kappa shape index (κ3) is 4.99. The molecular weight excluding hydrogens is 419 g/mol. The van der Waals surface area contributed by atoms with Gasteiger partial charge in [-0.1, -0.05) is 29.6 Å². The van der Waals surface area contributed by atoms with Crippen molar-refractivity contribution in [2.75, 3.05) is 10.6 Å². The molecule has 1 aliphatic rings. The van der Waals surface area contributed by atoms with Gasteiger partial charge in [0, 0.05) is 10.6 Å².